The average molecular weight is 232 g/mol. The van der Waals surface area contributed by atoms with E-state index in [9.17, 15) is 0 Å². The third kappa shape index (κ3) is 2.51. The van der Waals surface area contributed by atoms with E-state index in [1.165, 1.54) is 38.5 Å². The minimum absolute atomic E-state index is 0.622. The van der Waals surface area contributed by atoms with E-state index in [1.54, 1.807) is 0 Å². The molecule has 2 fully saturated rings. The Labute approximate surface area is 102 Å². The van der Waals surface area contributed by atoms with Gasteiger partial charge in [-0.05, 0) is 31.7 Å². The van der Waals surface area contributed by atoms with Crippen molar-refractivity contribution >= 4 is 11.8 Å². The maximum atomic E-state index is 4.62. The van der Waals surface area contributed by atoms with Crippen molar-refractivity contribution in [3.63, 3.8) is 0 Å². The zero-order valence-electron chi connectivity index (χ0n) is 10.2. The van der Waals surface area contributed by atoms with Gasteiger partial charge in [-0.2, -0.15) is 4.98 Å². The monoisotopic (exact) mass is 232 g/mol. The molecule has 1 aromatic heterocycles. The number of nitrogens with one attached hydrogen (secondary N) is 1. The first kappa shape index (κ1) is 10.8. The Balaban J connectivity index is 1.69. The molecule has 1 aliphatic carbocycles. The lowest BCUT2D eigenvalue weighted by molar-refractivity contribution is 0.748. The molecule has 1 saturated heterocycles. The van der Waals surface area contributed by atoms with Gasteiger partial charge in [-0.3, -0.25) is 0 Å². The summed E-state index contributed by atoms with van der Waals surface area (Å²) in [6, 6.07) is 2.61. The first-order valence-electron chi connectivity index (χ1n) is 6.76. The average Bonchev–Trinajstić information content (AvgIpc) is 3.01. The summed E-state index contributed by atoms with van der Waals surface area (Å²) in [4.78, 5) is 11.3. The van der Waals surface area contributed by atoms with E-state index in [0.29, 0.717) is 6.04 Å². The van der Waals surface area contributed by atoms with Gasteiger partial charge in [-0.15, -0.1) is 0 Å². The molecule has 4 nitrogen and oxygen atoms in total. The molecular weight excluding hydrogens is 212 g/mol. The topological polar surface area (TPSA) is 41.1 Å². The Morgan fingerprint density at radius 1 is 1.12 bits per heavy atom. The third-order valence-electron chi connectivity index (χ3n) is 3.74. The van der Waals surface area contributed by atoms with Crippen LogP contribution < -0.4 is 10.2 Å². The predicted octanol–water partition coefficient (Wildman–Crippen LogP) is 2.43. The van der Waals surface area contributed by atoms with Gasteiger partial charge in [0.05, 0.1) is 0 Å². The summed E-state index contributed by atoms with van der Waals surface area (Å²) in [6.45, 7) is 2.21. The number of rotatable bonds is 3. The van der Waals surface area contributed by atoms with Gasteiger partial charge in [-0.25, -0.2) is 4.98 Å². The summed E-state index contributed by atoms with van der Waals surface area (Å²) in [5, 5.41) is 3.53. The van der Waals surface area contributed by atoms with Gasteiger partial charge < -0.3 is 10.2 Å². The second kappa shape index (κ2) is 4.90. The van der Waals surface area contributed by atoms with Crippen molar-refractivity contribution in [2.24, 2.45) is 0 Å². The highest BCUT2D eigenvalue weighted by Crippen LogP contribution is 2.22. The molecular formula is C13H20N4. The van der Waals surface area contributed by atoms with Crippen LogP contribution in [0.1, 0.15) is 38.5 Å². The highest BCUT2D eigenvalue weighted by Gasteiger charge is 2.17. The molecule has 3 rings (SSSR count). The normalized spacial score (nSPS) is 21.1. The maximum Gasteiger partial charge on any atom is 0.227 e. The molecule has 0 spiro atoms. The van der Waals surface area contributed by atoms with E-state index >= 15 is 0 Å². The van der Waals surface area contributed by atoms with Crippen molar-refractivity contribution in [3.05, 3.63) is 12.3 Å². The zero-order chi connectivity index (χ0) is 11.5. The van der Waals surface area contributed by atoms with E-state index in [0.717, 1.165) is 24.9 Å². The van der Waals surface area contributed by atoms with Crippen LogP contribution in [0.4, 0.5) is 11.8 Å². The van der Waals surface area contributed by atoms with E-state index in [1.807, 2.05) is 12.3 Å². The number of hydrogen-bond acceptors (Lipinski definition) is 4. The zero-order valence-corrected chi connectivity index (χ0v) is 10.2. The Morgan fingerprint density at radius 3 is 2.65 bits per heavy atom. The lowest BCUT2D eigenvalue weighted by Crippen LogP contribution is -2.22. The fourth-order valence-corrected chi connectivity index (χ4v) is 2.78. The Bertz CT molecular complexity index is 367. The number of nitrogens with zero attached hydrogens (tertiary/aromatic N) is 3. The summed E-state index contributed by atoms with van der Waals surface area (Å²) in [5.74, 6) is 1.89. The second-order valence-electron chi connectivity index (χ2n) is 5.06. The van der Waals surface area contributed by atoms with Gasteiger partial charge in [0.25, 0.3) is 0 Å². The highest BCUT2D eigenvalue weighted by molar-refractivity contribution is 5.42. The van der Waals surface area contributed by atoms with Crippen molar-refractivity contribution in [1.29, 1.82) is 0 Å². The predicted molar refractivity (Wildman–Crippen MR) is 69.4 cm³/mol. The molecule has 1 N–H and O–H groups in total. The Hall–Kier alpha value is -1.32. The summed E-state index contributed by atoms with van der Waals surface area (Å²) in [5.41, 5.74) is 0. The van der Waals surface area contributed by atoms with E-state index < -0.39 is 0 Å². The van der Waals surface area contributed by atoms with Crippen LogP contribution >= 0.6 is 0 Å². The van der Waals surface area contributed by atoms with Gasteiger partial charge in [0.1, 0.15) is 5.82 Å². The number of hydrogen-bond donors (Lipinski definition) is 1. The fraction of sp³-hybridized carbons (Fsp3) is 0.692. The minimum Gasteiger partial charge on any atom is -0.367 e. The quantitative estimate of drug-likeness (QED) is 0.869. The van der Waals surface area contributed by atoms with Gasteiger partial charge in [-0.1, -0.05) is 12.8 Å². The molecule has 1 aliphatic heterocycles. The standard InChI is InChI=1S/C13H20N4/c1-2-6-11(5-1)15-12-7-8-14-13(16-12)17-9-3-4-10-17/h7-8,11H,1-6,9-10H2,(H,14,15,16). The smallest absolute Gasteiger partial charge is 0.227 e. The molecule has 0 radical (unpaired) electrons. The van der Waals surface area contributed by atoms with E-state index in [4.69, 9.17) is 0 Å². The molecule has 1 saturated carbocycles. The Morgan fingerprint density at radius 2 is 1.88 bits per heavy atom. The maximum absolute atomic E-state index is 4.62. The molecule has 4 heteroatoms. The summed E-state index contributed by atoms with van der Waals surface area (Å²) in [7, 11) is 0. The van der Waals surface area contributed by atoms with Gasteiger partial charge in [0.15, 0.2) is 0 Å². The molecule has 0 unspecified atom stereocenters. The summed E-state index contributed by atoms with van der Waals surface area (Å²) in [6.07, 6.45) is 9.67. The van der Waals surface area contributed by atoms with Crippen LogP contribution in [0, 0.1) is 0 Å². The van der Waals surface area contributed by atoms with Crippen LogP contribution in [-0.4, -0.2) is 29.1 Å². The molecule has 0 amide bonds. The van der Waals surface area contributed by atoms with Gasteiger partial charge in [0, 0.05) is 25.3 Å². The van der Waals surface area contributed by atoms with E-state index in [-0.39, 0.29) is 0 Å². The first-order valence-corrected chi connectivity index (χ1v) is 6.76. The number of aromatic nitrogens is 2. The molecule has 0 bridgehead atoms. The van der Waals surface area contributed by atoms with Crippen LogP contribution in [0.5, 0.6) is 0 Å². The lowest BCUT2D eigenvalue weighted by atomic mass is 10.2. The molecule has 1 aromatic rings. The molecule has 17 heavy (non-hydrogen) atoms. The van der Waals surface area contributed by atoms with Crippen molar-refractivity contribution in [2.75, 3.05) is 23.3 Å². The molecule has 0 aromatic carbocycles. The van der Waals surface area contributed by atoms with Crippen molar-refractivity contribution in [2.45, 2.75) is 44.6 Å². The van der Waals surface area contributed by atoms with Crippen LogP contribution in [0.25, 0.3) is 0 Å². The first-order chi connectivity index (χ1) is 8.42. The summed E-state index contributed by atoms with van der Waals surface area (Å²) >= 11 is 0. The second-order valence-corrected chi connectivity index (χ2v) is 5.06. The van der Waals surface area contributed by atoms with Gasteiger partial charge >= 0.3 is 0 Å². The van der Waals surface area contributed by atoms with Crippen molar-refractivity contribution < 1.29 is 0 Å². The van der Waals surface area contributed by atoms with Crippen LogP contribution in [0.15, 0.2) is 12.3 Å². The van der Waals surface area contributed by atoms with Crippen molar-refractivity contribution in [1.82, 2.24) is 9.97 Å². The largest absolute Gasteiger partial charge is 0.367 e. The molecule has 2 heterocycles. The SMILES string of the molecule is c1cc(NC2CCCC2)nc(N2CCCC2)n1. The highest BCUT2D eigenvalue weighted by atomic mass is 15.3. The van der Waals surface area contributed by atoms with Crippen molar-refractivity contribution in [3.8, 4) is 0 Å². The summed E-state index contributed by atoms with van der Waals surface area (Å²) < 4.78 is 0. The minimum atomic E-state index is 0.622. The van der Waals surface area contributed by atoms with Crippen LogP contribution in [0.3, 0.4) is 0 Å². The van der Waals surface area contributed by atoms with Crippen LogP contribution in [0.2, 0.25) is 0 Å². The molecule has 2 aliphatic rings. The number of anilines is 2. The third-order valence-corrected chi connectivity index (χ3v) is 3.74. The fourth-order valence-electron chi connectivity index (χ4n) is 2.78. The lowest BCUT2D eigenvalue weighted by Gasteiger charge is -2.17. The van der Waals surface area contributed by atoms with Gasteiger partial charge in [0.2, 0.25) is 5.95 Å². The van der Waals surface area contributed by atoms with Crippen LogP contribution in [-0.2, 0) is 0 Å². The molecule has 92 valence electrons. The molecule has 0 atom stereocenters. The van der Waals surface area contributed by atoms with E-state index in [2.05, 4.69) is 20.2 Å². The Kier molecular flexibility index (Phi) is 3.12.